The zero-order valence-electron chi connectivity index (χ0n) is 10.4. The summed E-state index contributed by atoms with van der Waals surface area (Å²) in [5.41, 5.74) is 8.50. The minimum atomic E-state index is 0.129. The van der Waals surface area contributed by atoms with Gasteiger partial charge in [0, 0.05) is 11.3 Å². The molecule has 2 heteroatoms. The first-order chi connectivity index (χ1) is 7.60. The van der Waals surface area contributed by atoms with Gasteiger partial charge in [-0.2, -0.15) is 0 Å². The third-order valence-electron chi connectivity index (χ3n) is 3.02. The lowest BCUT2D eigenvalue weighted by molar-refractivity contribution is 0.101. The summed E-state index contributed by atoms with van der Waals surface area (Å²) in [5.74, 6) is 0.581. The van der Waals surface area contributed by atoms with Crippen LogP contribution in [0.1, 0.15) is 61.9 Å². The molecule has 0 fully saturated rings. The molecule has 1 atom stereocenters. The average molecular weight is 219 g/mol. The number of Topliss-reactive ketones (excluding diaryl/α,β-unsaturated/α-hetero) is 1. The van der Waals surface area contributed by atoms with Crippen LogP contribution in [0.15, 0.2) is 18.2 Å². The molecule has 0 bridgehead atoms. The van der Waals surface area contributed by atoms with E-state index in [1.807, 2.05) is 12.1 Å². The molecule has 0 aromatic heterocycles. The van der Waals surface area contributed by atoms with Gasteiger partial charge in [0.25, 0.3) is 0 Å². The lowest BCUT2D eigenvalue weighted by Crippen LogP contribution is -2.06. The number of benzene rings is 1. The maximum Gasteiger partial charge on any atom is 0.160 e. The van der Waals surface area contributed by atoms with Gasteiger partial charge in [0.05, 0.1) is 0 Å². The molecule has 0 amide bonds. The van der Waals surface area contributed by atoms with Gasteiger partial charge in [-0.1, -0.05) is 20.3 Å². The highest BCUT2D eigenvalue weighted by Gasteiger charge is 2.15. The standard InChI is InChI=1S/C14H21NO/c1-4-6-11(5-2)14-9-12(15)7-8-13(14)10(3)16/h7-9,11H,4-6,15H2,1-3H3/t11-/m1/s1. The maximum atomic E-state index is 11.6. The molecule has 0 saturated carbocycles. The van der Waals surface area contributed by atoms with E-state index in [-0.39, 0.29) is 5.78 Å². The summed E-state index contributed by atoms with van der Waals surface area (Å²) < 4.78 is 0. The first kappa shape index (κ1) is 12.8. The van der Waals surface area contributed by atoms with Crippen LogP contribution in [0, 0.1) is 0 Å². The first-order valence-corrected chi connectivity index (χ1v) is 6.00. The Morgan fingerprint density at radius 2 is 2.06 bits per heavy atom. The number of hydrogen-bond donors (Lipinski definition) is 1. The zero-order valence-corrected chi connectivity index (χ0v) is 10.4. The summed E-state index contributed by atoms with van der Waals surface area (Å²) in [6.07, 6.45) is 3.29. The second-order valence-corrected chi connectivity index (χ2v) is 4.30. The third kappa shape index (κ3) is 2.84. The van der Waals surface area contributed by atoms with Gasteiger partial charge in [0.1, 0.15) is 0 Å². The maximum absolute atomic E-state index is 11.6. The molecule has 0 aliphatic carbocycles. The number of hydrogen-bond acceptors (Lipinski definition) is 2. The molecule has 0 saturated heterocycles. The van der Waals surface area contributed by atoms with Gasteiger partial charge in [-0.15, -0.1) is 0 Å². The zero-order chi connectivity index (χ0) is 12.1. The second kappa shape index (κ2) is 5.69. The molecule has 1 aromatic rings. The smallest absolute Gasteiger partial charge is 0.160 e. The van der Waals surface area contributed by atoms with Gasteiger partial charge in [-0.25, -0.2) is 0 Å². The predicted octanol–water partition coefficient (Wildman–Crippen LogP) is 3.77. The molecule has 2 N–H and O–H groups in total. The Kier molecular flexibility index (Phi) is 4.53. The summed E-state index contributed by atoms with van der Waals surface area (Å²) in [6.45, 7) is 5.95. The Morgan fingerprint density at radius 3 is 2.56 bits per heavy atom. The fourth-order valence-corrected chi connectivity index (χ4v) is 2.17. The van der Waals surface area contributed by atoms with Crippen molar-refractivity contribution in [2.24, 2.45) is 0 Å². The number of carbonyl (C=O) groups is 1. The highest BCUT2D eigenvalue weighted by molar-refractivity contribution is 5.96. The number of nitrogens with two attached hydrogens (primary N) is 1. The summed E-state index contributed by atoms with van der Waals surface area (Å²) in [6, 6.07) is 5.62. The van der Waals surface area contributed by atoms with Crippen LogP contribution in [0.3, 0.4) is 0 Å². The van der Waals surface area contributed by atoms with Crippen molar-refractivity contribution in [1.82, 2.24) is 0 Å². The van der Waals surface area contributed by atoms with Crippen molar-refractivity contribution in [3.8, 4) is 0 Å². The molecule has 0 unspecified atom stereocenters. The van der Waals surface area contributed by atoms with Crippen LogP contribution < -0.4 is 5.73 Å². The number of ketones is 1. The van der Waals surface area contributed by atoms with E-state index in [1.54, 1.807) is 13.0 Å². The fourth-order valence-electron chi connectivity index (χ4n) is 2.17. The van der Waals surface area contributed by atoms with Gasteiger partial charge in [-0.3, -0.25) is 4.79 Å². The minimum absolute atomic E-state index is 0.129. The highest BCUT2D eigenvalue weighted by Crippen LogP contribution is 2.29. The second-order valence-electron chi connectivity index (χ2n) is 4.30. The molecular formula is C14H21NO. The SMILES string of the molecule is CCC[C@@H](CC)c1cc(N)ccc1C(C)=O. The van der Waals surface area contributed by atoms with E-state index in [0.29, 0.717) is 5.92 Å². The van der Waals surface area contributed by atoms with Crippen LogP contribution in [0.2, 0.25) is 0 Å². The van der Waals surface area contributed by atoms with E-state index < -0.39 is 0 Å². The van der Waals surface area contributed by atoms with Crippen molar-refractivity contribution in [2.45, 2.75) is 46.0 Å². The largest absolute Gasteiger partial charge is 0.399 e. The molecule has 0 aliphatic heterocycles. The Morgan fingerprint density at radius 1 is 1.38 bits per heavy atom. The molecule has 88 valence electrons. The molecule has 1 aromatic carbocycles. The monoisotopic (exact) mass is 219 g/mol. The number of nitrogen functional groups attached to an aromatic ring is 1. The number of rotatable bonds is 5. The van der Waals surface area contributed by atoms with Crippen molar-refractivity contribution < 1.29 is 4.79 Å². The van der Waals surface area contributed by atoms with Gasteiger partial charge in [-0.05, 0) is 49.4 Å². The number of carbonyl (C=O) groups excluding carboxylic acids is 1. The lowest BCUT2D eigenvalue weighted by atomic mass is 9.87. The van der Waals surface area contributed by atoms with Crippen LogP contribution in [0.5, 0.6) is 0 Å². The number of anilines is 1. The van der Waals surface area contributed by atoms with Gasteiger partial charge in [0.15, 0.2) is 5.78 Å². The van der Waals surface area contributed by atoms with Crippen LogP contribution in [0.4, 0.5) is 5.69 Å². The van der Waals surface area contributed by atoms with Gasteiger partial charge >= 0.3 is 0 Å². The van der Waals surface area contributed by atoms with Crippen molar-refractivity contribution in [1.29, 1.82) is 0 Å². The summed E-state index contributed by atoms with van der Waals surface area (Å²) >= 11 is 0. The highest BCUT2D eigenvalue weighted by atomic mass is 16.1. The van der Waals surface area contributed by atoms with Crippen molar-refractivity contribution >= 4 is 11.5 Å². The molecule has 0 radical (unpaired) electrons. The Hall–Kier alpha value is -1.31. The summed E-state index contributed by atoms with van der Waals surface area (Å²) in [5, 5.41) is 0. The molecule has 0 aliphatic rings. The molecule has 16 heavy (non-hydrogen) atoms. The Balaban J connectivity index is 3.16. The summed E-state index contributed by atoms with van der Waals surface area (Å²) in [7, 11) is 0. The van der Waals surface area contributed by atoms with Crippen LogP contribution in [0.25, 0.3) is 0 Å². The van der Waals surface area contributed by atoms with E-state index in [1.165, 1.54) is 0 Å². The molecule has 2 nitrogen and oxygen atoms in total. The van der Waals surface area contributed by atoms with E-state index in [4.69, 9.17) is 5.73 Å². The summed E-state index contributed by atoms with van der Waals surface area (Å²) in [4.78, 5) is 11.6. The van der Waals surface area contributed by atoms with Crippen molar-refractivity contribution in [3.63, 3.8) is 0 Å². The fraction of sp³-hybridized carbons (Fsp3) is 0.500. The Labute approximate surface area is 97.9 Å². The van der Waals surface area contributed by atoms with Crippen molar-refractivity contribution in [3.05, 3.63) is 29.3 Å². The Bertz CT molecular complexity index is 371. The van der Waals surface area contributed by atoms with E-state index >= 15 is 0 Å². The molecule has 0 spiro atoms. The lowest BCUT2D eigenvalue weighted by Gasteiger charge is -2.18. The van der Waals surface area contributed by atoms with Crippen LogP contribution >= 0.6 is 0 Å². The average Bonchev–Trinajstić information content (AvgIpc) is 2.25. The molecule has 0 heterocycles. The topological polar surface area (TPSA) is 43.1 Å². The van der Waals surface area contributed by atoms with E-state index in [0.717, 1.165) is 36.1 Å². The van der Waals surface area contributed by atoms with Crippen LogP contribution in [-0.2, 0) is 0 Å². The van der Waals surface area contributed by atoms with E-state index in [2.05, 4.69) is 13.8 Å². The van der Waals surface area contributed by atoms with E-state index in [9.17, 15) is 4.79 Å². The molecular weight excluding hydrogens is 198 g/mol. The van der Waals surface area contributed by atoms with Crippen molar-refractivity contribution in [2.75, 3.05) is 5.73 Å². The predicted molar refractivity (Wildman–Crippen MR) is 68.8 cm³/mol. The molecule has 1 rings (SSSR count). The quantitative estimate of drug-likeness (QED) is 0.605. The van der Waals surface area contributed by atoms with Gasteiger partial charge < -0.3 is 5.73 Å². The normalized spacial score (nSPS) is 12.4. The van der Waals surface area contributed by atoms with Crippen LogP contribution in [-0.4, -0.2) is 5.78 Å². The first-order valence-electron chi connectivity index (χ1n) is 6.00. The minimum Gasteiger partial charge on any atom is -0.399 e. The van der Waals surface area contributed by atoms with Gasteiger partial charge in [0.2, 0.25) is 0 Å². The third-order valence-corrected chi connectivity index (χ3v) is 3.02.